The molecule has 2 aromatic rings. The molecule has 6 nitrogen and oxygen atoms in total. The Labute approximate surface area is 146 Å². The van der Waals surface area contributed by atoms with Crippen LogP contribution in [-0.2, 0) is 14.8 Å². The van der Waals surface area contributed by atoms with Crippen molar-refractivity contribution in [3.05, 3.63) is 53.6 Å². The second-order valence-electron chi connectivity index (χ2n) is 4.99. The van der Waals surface area contributed by atoms with Gasteiger partial charge in [0.15, 0.2) is 0 Å². The number of halogens is 1. The maximum atomic E-state index is 12.5. The summed E-state index contributed by atoms with van der Waals surface area (Å²) in [6.07, 6.45) is 0. The van der Waals surface area contributed by atoms with E-state index in [1.54, 1.807) is 36.4 Å². The molecule has 24 heavy (non-hydrogen) atoms. The number of amides is 1. The lowest BCUT2D eigenvalue weighted by atomic mass is 10.3. The largest absolute Gasteiger partial charge is 0.497 e. The van der Waals surface area contributed by atoms with Gasteiger partial charge in [-0.2, -0.15) is 4.31 Å². The summed E-state index contributed by atoms with van der Waals surface area (Å²) in [5.74, 6) is 0.106. The third-order valence-corrected chi connectivity index (χ3v) is 5.33. The van der Waals surface area contributed by atoms with Crippen molar-refractivity contribution in [3.63, 3.8) is 0 Å². The van der Waals surface area contributed by atoms with Crippen molar-refractivity contribution in [1.82, 2.24) is 4.31 Å². The molecule has 1 N–H and O–H groups in total. The summed E-state index contributed by atoms with van der Waals surface area (Å²) in [5.41, 5.74) is 0.541. The number of nitrogens with one attached hydrogen (secondary N) is 1. The van der Waals surface area contributed by atoms with E-state index in [-0.39, 0.29) is 11.4 Å². The van der Waals surface area contributed by atoms with Gasteiger partial charge >= 0.3 is 0 Å². The van der Waals surface area contributed by atoms with E-state index in [0.717, 1.165) is 4.31 Å². The van der Waals surface area contributed by atoms with Gasteiger partial charge in [0.2, 0.25) is 15.9 Å². The van der Waals surface area contributed by atoms with Crippen molar-refractivity contribution in [2.75, 3.05) is 26.0 Å². The highest BCUT2D eigenvalue weighted by Gasteiger charge is 2.23. The van der Waals surface area contributed by atoms with E-state index in [0.29, 0.717) is 16.5 Å². The number of nitrogens with zero attached hydrogens (tertiary/aromatic N) is 1. The summed E-state index contributed by atoms with van der Waals surface area (Å²) in [7, 11) is -0.917. The summed E-state index contributed by atoms with van der Waals surface area (Å²) in [6, 6.07) is 12.5. The van der Waals surface area contributed by atoms with Gasteiger partial charge in [-0.1, -0.05) is 11.6 Å². The molecular weight excluding hydrogens is 352 g/mol. The highest BCUT2D eigenvalue weighted by molar-refractivity contribution is 7.89. The molecule has 0 radical (unpaired) electrons. The minimum Gasteiger partial charge on any atom is -0.497 e. The topological polar surface area (TPSA) is 75.7 Å². The zero-order valence-electron chi connectivity index (χ0n) is 13.2. The Morgan fingerprint density at radius 1 is 1.12 bits per heavy atom. The van der Waals surface area contributed by atoms with Crippen molar-refractivity contribution in [2.24, 2.45) is 0 Å². The highest BCUT2D eigenvalue weighted by atomic mass is 35.5. The molecule has 128 valence electrons. The zero-order valence-corrected chi connectivity index (χ0v) is 14.8. The molecule has 0 aromatic heterocycles. The number of carbonyl (C=O) groups is 1. The molecule has 0 saturated carbocycles. The number of hydrogen-bond acceptors (Lipinski definition) is 4. The molecular formula is C16H17ClN2O4S. The van der Waals surface area contributed by atoms with E-state index in [1.807, 2.05) is 0 Å². The molecule has 0 atom stereocenters. The minimum absolute atomic E-state index is 0.0880. The molecule has 1 amide bonds. The van der Waals surface area contributed by atoms with Gasteiger partial charge in [0.1, 0.15) is 5.75 Å². The summed E-state index contributed by atoms with van der Waals surface area (Å²) in [6.45, 7) is -0.309. The van der Waals surface area contributed by atoms with Gasteiger partial charge in [-0.05, 0) is 48.5 Å². The minimum atomic E-state index is -3.76. The van der Waals surface area contributed by atoms with Crippen LogP contribution >= 0.6 is 11.6 Å². The van der Waals surface area contributed by atoms with Crippen LogP contribution in [0.25, 0.3) is 0 Å². The van der Waals surface area contributed by atoms with Crippen molar-refractivity contribution in [2.45, 2.75) is 4.90 Å². The van der Waals surface area contributed by atoms with Crippen LogP contribution in [0.4, 0.5) is 5.69 Å². The SMILES string of the molecule is COc1ccc(S(=O)(=O)N(C)CC(=O)Nc2ccc(Cl)cc2)cc1. The first-order valence-corrected chi connectivity index (χ1v) is 8.80. The fraction of sp³-hybridized carbons (Fsp3) is 0.188. The van der Waals surface area contributed by atoms with Crippen LogP contribution in [0.5, 0.6) is 5.75 Å². The summed E-state index contributed by atoms with van der Waals surface area (Å²) in [5, 5.41) is 3.17. The molecule has 8 heteroatoms. The molecule has 2 aromatic carbocycles. The lowest BCUT2D eigenvalue weighted by molar-refractivity contribution is -0.116. The first-order chi connectivity index (χ1) is 11.3. The van der Waals surface area contributed by atoms with Crippen molar-refractivity contribution >= 4 is 33.2 Å². The van der Waals surface area contributed by atoms with Crippen LogP contribution in [0.2, 0.25) is 5.02 Å². The number of benzene rings is 2. The fourth-order valence-electron chi connectivity index (χ4n) is 1.95. The summed E-state index contributed by atoms with van der Waals surface area (Å²) in [4.78, 5) is 12.1. The van der Waals surface area contributed by atoms with Gasteiger partial charge in [-0.25, -0.2) is 8.42 Å². The second-order valence-corrected chi connectivity index (χ2v) is 7.47. The number of rotatable bonds is 6. The Morgan fingerprint density at radius 2 is 1.71 bits per heavy atom. The quantitative estimate of drug-likeness (QED) is 0.850. The van der Waals surface area contributed by atoms with Crippen LogP contribution in [0, 0.1) is 0 Å². The molecule has 0 saturated heterocycles. The fourth-order valence-corrected chi connectivity index (χ4v) is 3.20. The van der Waals surface area contributed by atoms with Crippen LogP contribution in [0.3, 0.4) is 0 Å². The zero-order chi connectivity index (χ0) is 17.7. The molecule has 2 rings (SSSR count). The predicted molar refractivity (Wildman–Crippen MR) is 92.9 cm³/mol. The van der Waals surface area contributed by atoms with E-state index in [4.69, 9.17) is 16.3 Å². The molecule has 0 spiro atoms. The first kappa shape index (κ1) is 18.3. The Hall–Kier alpha value is -2.09. The number of hydrogen-bond donors (Lipinski definition) is 1. The Morgan fingerprint density at radius 3 is 2.25 bits per heavy atom. The standard InChI is InChI=1S/C16H17ClN2O4S/c1-19(11-16(20)18-13-5-3-12(17)4-6-13)24(21,22)15-9-7-14(23-2)8-10-15/h3-10H,11H2,1-2H3,(H,18,20). The van der Waals surface area contributed by atoms with E-state index in [2.05, 4.69) is 5.32 Å². The Kier molecular flexibility index (Phi) is 5.82. The van der Waals surface area contributed by atoms with Gasteiger partial charge in [-0.3, -0.25) is 4.79 Å². The monoisotopic (exact) mass is 368 g/mol. The second kappa shape index (κ2) is 7.65. The summed E-state index contributed by atoms with van der Waals surface area (Å²) >= 11 is 5.77. The van der Waals surface area contributed by atoms with Gasteiger partial charge in [0.05, 0.1) is 18.6 Å². The van der Waals surface area contributed by atoms with Crippen LogP contribution in [0.15, 0.2) is 53.4 Å². The number of ether oxygens (including phenoxy) is 1. The summed E-state index contributed by atoms with van der Waals surface area (Å²) < 4.78 is 30.9. The smallest absolute Gasteiger partial charge is 0.243 e. The Bertz CT molecular complexity index is 805. The van der Waals surface area contributed by atoms with Crippen LogP contribution < -0.4 is 10.1 Å². The third-order valence-electron chi connectivity index (χ3n) is 3.26. The van der Waals surface area contributed by atoms with E-state index < -0.39 is 15.9 Å². The van der Waals surface area contributed by atoms with Gasteiger partial charge < -0.3 is 10.1 Å². The molecule has 0 aliphatic rings. The lowest BCUT2D eigenvalue weighted by Gasteiger charge is -2.17. The van der Waals surface area contributed by atoms with Gasteiger partial charge in [-0.15, -0.1) is 0 Å². The van der Waals surface area contributed by atoms with E-state index >= 15 is 0 Å². The highest BCUT2D eigenvalue weighted by Crippen LogP contribution is 2.19. The number of anilines is 1. The maximum Gasteiger partial charge on any atom is 0.243 e. The normalized spacial score (nSPS) is 11.3. The van der Waals surface area contributed by atoms with Gasteiger partial charge in [0, 0.05) is 17.8 Å². The third kappa shape index (κ3) is 4.47. The molecule has 0 aliphatic carbocycles. The lowest BCUT2D eigenvalue weighted by Crippen LogP contribution is -2.34. The number of carbonyl (C=O) groups excluding carboxylic acids is 1. The van der Waals surface area contributed by atoms with Crippen LogP contribution in [0.1, 0.15) is 0 Å². The molecule has 0 fully saturated rings. The molecule has 0 unspecified atom stereocenters. The number of methoxy groups -OCH3 is 1. The van der Waals surface area contributed by atoms with E-state index in [1.165, 1.54) is 26.3 Å². The molecule has 0 heterocycles. The van der Waals surface area contributed by atoms with Crippen molar-refractivity contribution in [1.29, 1.82) is 0 Å². The Balaban J connectivity index is 2.05. The molecule has 0 aliphatic heterocycles. The average molecular weight is 369 g/mol. The van der Waals surface area contributed by atoms with E-state index in [9.17, 15) is 13.2 Å². The van der Waals surface area contributed by atoms with Crippen LogP contribution in [-0.4, -0.2) is 39.3 Å². The van der Waals surface area contributed by atoms with Crippen molar-refractivity contribution in [3.8, 4) is 5.75 Å². The van der Waals surface area contributed by atoms with Gasteiger partial charge in [0.25, 0.3) is 0 Å². The number of likely N-dealkylation sites (N-methyl/N-ethyl adjacent to an activating group) is 1. The average Bonchev–Trinajstić information content (AvgIpc) is 2.57. The molecule has 0 bridgehead atoms. The number of sulfonamides is 1. The predicted octanol–water partition coefficient (Wildman–Crippen LogP) is 2.61. The first-order valence-electron chi connectivity index (χ1n) is 6.99. The maximum absolute atomic E-state index is 12.5. The van der Waals surface area contributed by atoms with Crippen molar-refractivity contribution < 1.29 is 17.9 Å².